The van der Waals surface area contributed by atoms with E-state index in [0.29, 0.717) is 36.7 Å². The maximum Gasteiger partial charge on any atom is 0.235 e. The van der Waals surface area contributed by atoms with Gasteiger partial charge in [0.1, 0.15) is 22.1 Å². The van der Waals surface area contributed by atoms with Gasteiger partial charge in [-0.2, -0.15) is 0 Å². The number of fused-ring (bicyclic) bond motifs is 2. The highest BCUT2D eigenvalue weighted by Gasteiger charge is 2.21. The Labute approximate surface area is 206 Å². The fourth-order valence-electron chi connectivity index (χ4n) is 4.24. The molecule has 0 saturated heterocycles. The van der Waals surface area contributed by atoms with Gasteiger partial charge in [0.2, 0.25) is 5.91 Å². The number of thiazole rings is 1. The number of benzene rings is 1. The molecule has 178 valence electrons. The molecular weight excluding hydrogens is 470 g/mol. The van der Waals surface area contributed by atoms with Gasteiger partial charge < -0.3 is 20.2 Å². The van der Waals surface area contributed by atoms with Crippen molar-refractivity contribution in [3.63, 3.8) is 0 Å². The molecule has 1 aromatic carbocycles. The predicted molar refractivity (Wildman–Crippen MR) is 136 cm³/mol. The number of hydrogen-bond donors (Lipinski definition) is 2. The number of carbonyl (C=O) groups excluding carboxylic acids is 1. The van der Waals surface area contributed by atoms with Gasteiger partial charge in [-0.15, -0.1) is 23.1 Å². The topological polar surface area (TPSA) is 97.7 Å². The van der Waals surface area contributed by atoms with Crippen LogP contribution in [0.25, 0.3) is 10.2 Å². The van der Waals surface area contributed by atoms with Gasteiger partial charge in [0.15, 0.2) is 6.61 Å². The van der Waals surface area contributed by atoms with Gasteiger partial charge in [0, 0.05) is 18.8 Å². The maximum atomic E-state index is 11.6. The highest BCUT2D eigenvalue weighted by molar-refractivity contribution is 8.00. The molecule has 8 nitrogen and oxygen atoms in total. The van der Waals surface area contributed by atoms with Crippen molar-refractivity contribution < 1.29 is 14.4 Å². The molecule has 0 bridgehead atoms. The quantitative estimate of drug-likeness (QED) is 0.347. The van der Waals surface area contributed by atoms with Crippen LogP contribution in [0.4, 0.5) is 5.82 Å². The lowest BCUT2D eigenvalue weighted by molar-refractivity contribution is -0.113. The van der Waals surface area contributed by atoms with Crippen LogP contribution in [0.15, 0.2) is 40.4 Å². The molecule has 0 radical (unpaired) electrons. The number of anilines is 1. The van der Waals surface area contributed by atoms with Crippen LogP contribution < -0.4 is 15.4 Å². The van der Waals surface area contributed by atoms with Gasteiger partial charge in [-0.1, -0.05) is 11.2 Å². The van der Waals surface area contributed by atoms with E-state index in [9.17, 15) is 4.79 Å². The Bertz CT molecular complexity index is 1190. The first-order valence-corrected chi connectivity index (χ1v) is 13.2. The largest absolute Gasteiger partial charge is 0.494 e. The van der Waals surface area contributed by atoms with Crippen molar-refractivity contribution in [2.24, 2.45) is 11.1 Å². The van der Waals surface area contributed by atoms with Gasteiger partial charge in [-0.25, -0.2) is 9.97 Å². The molecule has 1 saturated carbocycles. The van der Waals surface area contributed by atoms with Crippen LogP contribution >= 0.6 is 23.1 Å². The zero-order chi connectivity index (χ0) is 23.3. The summed E-state index contributed by atoms with van der Waals surface area (Å²) < 4.78 is 6.46. The van der Waals surface area contributed by atoms with E-state index in [1.807, 2.05) is 36.5 Å². The lowest BCUT2D eigenvalue weighted by Gasteiger charge is -2.27. The molecule has 1 amide bonds. The molecule has 1 fully saturated rings. The molecule has 2 N–H and O–H groups in total. The van der Waals surface area contributed by atoms with Gasteiger partial charge in [0.05, 0.1) is 28.2 Å². The van der Waals surface area contributed by atoms with Crippen LogP contribution in [0.1, 0.15) is 36.4 Å². The number of amides is 1. The molecule has 2 aliphatic rings. The Morgan fingerprint density at radius 3 is 2.94 bits per heavy atom. The van der Waals surface area contributed by atoms with Gasteiger partial charge in [-0.3, -0.25) is 4.79 Å². The second-order valence-electron chi connectivity index (χ2n) is 8.42. The number of pyridine rings is 1. The number of thioether (sulfide) groups is 1. The minimum absolute atomic E-state index is 0.0133. The molecule has 34 heavy (non-hydrogen) atoms. The summed E-state index contributed by atoms with van der Waals surface area (Å²) in [4.78, 5) is 27.4. The van der Waals surface area contributed by atoms with E-state index >= 15 is 0 Å². The zero-order valence-electron chi connectivity index (χ0n) is 19.0. The van der Waals surface area contributed by atoms with Crippen LogP contribution in [0.5, 0.6) is 5.75 Å². The van der Waals surface area contributed by atoms with E-state index in [4.69, 9.17) is 9.57 Å². The number of carbonyl (C=O) groups is 1. The van der Waals surface area contributed by atoms with Crippen molar-refractivity contribution in [2.45, 2.75) is 49.8 Å². The summed E-state index contributed by atoms with van der Waals surface area (Å²) in [5.74, 6) is 2.37. The van der Waals surface area contributed by atoms with Crippen molar-refractivity contribution >= 4 is 51.3 Å². The van der Waals surface area contributed by atoms with Crippen LogP contribution in [0.2, 0.25) is 0 Å². The van der Waals surface area contributed by atoms with Crippen LogP contribution in [0.3, 0.4) is 0 Å². The fraction of sp³-hybridized carbons (Fsp3) is 0.417. The third kappa shape index (κ3) is 5.51. The minimum atomic E-state index is 0.0133. The highest BCUT2D eigenvalue weighted by atomic mass is 32.2. The number of hydrogen-bond acceptors (Lipinski definition) is 9. The summed E-state index contributed by atoms with van der Waals surface area (Å²) in [5, 5.41) is 11.6. The zero-order valence-corrected chi connectivity index (χ0v) is 20.6. The molecule has 0 spiro atoms. The third-order valence-electron chi connectivity index (χ3n) is 6.06. The first-order valence-electron chi connectivity index (χ1n) is 11.4. The lowest BCUT2D eigenvalue weighted by Crippen LogP contribution is -2.33. The van der Waals surface area contributed by atoms with Crippen molar-refractivity contribution in [1.82, 2.24) is 15.3 Å². The summed E-state index contributed by atoms with van der Waals surface area (Å²) in [5.41, 5.74) is 1.82. The van der Waals surface area contributed by atoms with Gasteiger partial charge in [-0.05, 0) is 55.9 Å². The SMILES string of the molecule is COc1cccc2sc(CO/N=C/C3CCC(NCc4ccc5c(n4)NC(=O)CS5)CC3)nc12. The van der Waals surface area contributed by atoms with E-state index < -0.39 is 0 Å². The van der Waals surface area contributed by atoms with E-state index in [1.54, 1.807) is 18.4 Å². The molecule has 0 unspecified atom stereocenters. The minimum Gasteiger partial charge on any atom is -0.494 e. The molecule has 3 heterocycles. The number of aromatic nitrogens is 2. The molecule has 1 aliphatic carbocycles. The van der Waals surface area contributed by atoms with Crippen molar-refractivity contribution in [3.05, 3.63) is 41.0 Å². The fourth-order valence-corrected chi connectivity index (χ4v) is 5.89. The van der Waals surface area contributed by atoms with Crippen LogP contribution in [-0.2, 0) is 22.8 Å². The van der Waals surface area contributed by atoms with Crippen LogP contribution in [0, 0.1) is 5.92 Å². The number of nitrogens with one attached hydrogen (secondary N) is 2. The number of nitrogens with zero attached hydrogens (tertiary/aromatic N) is 3. The number of oxime groups is 1. The number of ether oxygens (including phenoxy) is 1. The molecule has 10 heteroatoms. The molecule has 2 aromatic heterocycles. The highest BCUT2D eigenvalue weighted by Crippen LogP contribution is 2.31. The molecule has 0 atom stereocenters. The van der Waals surface area contributed by atoms with Gasteiger partial charge in [0.25, 0.3) is 0 Å². The van der Waals surface area contributed by atoms with E-state index in [2.05, 4.69) is 25.8 Å². The second-order valence-corrected chi connectivity index (χ2v) is 10.6. The predicted octanol–water partition coefficient (Wildman–Crippen LogP) is 4.60. The Balaban J connectivity index is 1.04. The monoisotopic (exact) mass is 497 g/mol. The summed E-state index contributed by atoms with van der Waals surface area (Å²) in [7, 11) is 1.66. The smallest absolute Gasteiger partial charge is 0.235 e. The summed E-state index contributed by atoms with van der Waals surface area (Å²) in [6.07, 6.45) is 6.27. The standard InChI is InChI=1S/C24H27N5O3S2/c1-31-18-3-2-4-19-23(18)29-22(34-19)13-32-26-11-15-5-7-16(8-6-15)25-12-17-9-10-20-24(27-17)28-21(30)14-33-20/h2-4,9-11,15-16,25H,5-8,12-14H2,1H3,(H,27,28,30)/b26-11+. The first kappa shape index (κ1) is 23.1. The van der Waals surface area contributed by atoms with E-state index in [0.717, 1.165) is 57.2 Å². The molecule has 1 aliphatic heterocycles. The first-order chi connectivity index (χ1) is 16.7. The van der Waals surface area contributed by atoms with Crippen molar-refractivity contribution in [1.29, 1.82) is 0 Å². The molecule has 3 aromatic rings. The van der Waals surface area contributed by atoms with Crippen LogP contribution in [-0.4, -0.2) is 41.0 Å². The summed E-state index contributed by atoms with van der Waals surface area (Å²) in [6.45, 7) is 1.07. The summed E-state index contributed by atoms with van der Waals surface area (Å²) in [6, 6.07) is 10.5. The normalized spacial score (nSPS) is 20.3. The average Bonchev–Trinajstić information content (AvgIpc) is 3.29. The Morgan fingerprint density at radius 2 is 2.09 bits per heavy atom. The maximum absolute atomic E-state index is 11.6. The van der Waals surface area contributed by atoms with E-state index in [1.165, 1.54) is 11.8 Å². The van der Waals surface area contributed by atoms with Crippen molar-refractivity contribution in [3.8, 4) is 5.75 Å². The summed E-state index contributed by atoms with van der Waals surface area (Å²) >= 11 is 3.13. The Kier molecular flexibility index (Phi) is 7.27. The number of methoxy groups -OCH3 is 1. The molecule has 5 rings (SSSR count). The molecular formula is C24H27N5O3S2. The Hall–Kier alpha value is -2.69. The Morgan fingerprint density at radius 1 is 1.21 bits per heavy atom. The van der Waals surface area contributed by atoms with Crippen molar-refractivity contribution in [2.75, 3.05) is 18.2 Å². The average molecular weight is 498 g/mol. The number of rotatable bonds is 8. The lowest BCUT2D eigenvalue weighted by atomic mass is 9.87. The van der Waals surface area contributed by atoms with Gasteiger partial charge >= 0.3 is 0 Å². The second kappa shape index (κ2) is 10.7. The number of para-hydroxylation sites is 1. The van der Waals surface area contributed by atoms with E-state index in [-0.39, 0.29) is 5.91 Å². The third-order valence-corrected chi connectivity index (χ3v) is 8.10.